The molecule has 10 heteroatoms. The molecule has 0 saturated heterocycles. The fourth-order valence-corrected chi connectivity index (χ4v) is 1.19. The van der Waals surface area contributed by atoms with Crippen molar-refractivity contribution < 1.29 is 19.4 Å². The molecule has 0 fully saturated rings. The molecule has 0 aromatic carbocycles. The minimum Gasteiger partial charge on any atom is -0.477 e. The minimum atomic E-state index is -1.28. The number of carbonyl (C=O) groups is 2. The molecular weight excluding hydrogens is 244 g/mol. The van der Waals surface area contributed by atoms with Crippen LogP contribution in [-0.2, 0) is 0 Å². The Morgan fingerprint density at radius 2 is 2.28 bits per heavy atom. The summed E-state index contributed by atoms with van der Waals surface area (Å²) in [4.78, 5) is 32.2. The lowest BCUT2D eigenvalue weighted by molar-refractivity contribution is 0.0686. The van der Waals surface area contributed by atoms with Gasteiger partial charge in [-0.3, -0.25) is 10.1 Å². The molecule has 94 valence electrons. The first-order valence-electron chi connectivity index (χ1n) is 4.66. The second-order valence-corrected chi connectivity index (χ2v) is 3.06. The minimum absolute atomic E-state index is 0.0242. The fraction of sp³-hybridized carbons (Fsp3) is 0.125. The summed E-state index contributed by atoms with van der Waals surface area (Å²) in [5.41, 5.74) is -0.558. The monoisotopic (exact) mass is 252 g/mol. The van der Waals surface area contributed by atoms with Crippen molar-refractivity contribution in [3.63, 3.8) is 0 Å². The zero-order valence-electron chi connectivity index (χ0n) is 9.09. The Balaban J connectivity index is 2.16. The van der Waals surface area contributed by atoms with Gasteiger partial charge in [-0.1, -0.05) is 0 Å². The van der Waals surface area contributed by atoms with Crippen LogP contribution in [0.2, 0.25) is 0 Å². The van der Waals surface area contributed by atoms with E-state index in [9.17, 15) is 9.59 Å². The summed E-state index contributed by atoms with van der Waals surface area (Å²) in [5, 5.41) is 17.1. The standard InChI is InChI=1S/C8H8N6O4/c1-18-8-12-7(13-14-8)11-5(15)3-4(6(16)17)10-2-9-3/h2H,1H3,(H,9,10)(H,16,17)(H2,11,12,13,14,15). The Hall–Kier alpha value is -2.91. The summed E-state index contributed by atoms with van der Waals surface area (Å²) in [6.07, 6.45) is 1.11. The average Bonchev–Trinajstić information content (AvgIpc) is 2.96. The molecular formula is C8H8N6O4. The fourth-order valence-electron chi connectivity index (χ4n) is 1.19. The highest BCUT2D eigenvalue weighted by Gasteiger charge is 2.20. The summed E-state index contributed by atoms with van der Waals surface area (Å²) in [7, 11) is 1.37. The molecule has 2 aromatic rings. The number of carboxylic acid groups (broad SMARTS) is 1. The number of nitrogens with one attached hydrogen (secondary N) is 3. The molecule has 2 aromatic heterocycles. The van der Waals surface area contributed by atoms with Gasteiger partial charge in [-0.2, -0.15) is 4.98 Å². The second kappa shape index (κ2) is 4.53. The molecule has 2 heterocycles. The van der Waals surface area contributed by atoms with Gasteiger partial charge < -0.3 is 14.8 Å². The second-order valence-electron chi connectivity index (χ2n) is 3.06. The van der Waals surface area contributed by atoms with Crippen molar-refractivity contribution in [3.05, 3.63) is 17.7 Å². The summed E-state index contributed by atoms with van der Waals surface area (Å²) >= 11 is 0. The first-order valence-corrected chi connectivity index (χ1v) is 4.66. The molecule has 10 nitrogen and oxygen atoms in total. The molecule has 0 aliphatic heterocycles. The van der Waals surface area contributed by atoms with Gasteiger partial charge in [0.15, 0.2) is 11.4 Å². The Morgan fingerprint density at radius 3 is 2.89 bits per heavy atom. The van der Waals surface area contributed by atoms with Crippen LogP contribution in [0.5, 0.6) is 6.01 Å². The molecule has 0 spiro atoms. The number of nitrogens with zero attached hydrogens (tertiary/aromatic N) is 3. The lowest BCUT2D eigenvalue weighted by Gasteiger charge is -1.98. The normalized spacial score (nSPS) is 10.1. The van der Waals surface area contributed by atoms with Crippen LogP contribution in [0.1, 0.15) is 21.0 Å². The van der Waals surface area contributed by atoms with Crippen molar-refractivity contribution in [1.82, 2.24) is 25.1 Å². The van der Waals surface area contributed by atoms with Crippen LogP contribution in [0.4, 0.5) is 5.95 Å². The largest absolute Gasteiger partial charge is 0.477 e. The van der Waals surface area contributed by atoms with Crippen LogP contribution in [0.15, 0.2) is 6.33 Å². The van der Waals surface area contributed by atoms with E-state index in [0.717, 1.165) is 6.33 Å². The molecule has 0 atom stereocenters. The summed E-state index contributed by atoms with van der Waals surface area (Å²) in [6.45, 7) is 0. The van der Waals surface area contributed by atoms with E-state index in [-0.39, 0.29) is 23.3 Å². The number of imidazole rings is 1. The van der Waals surface area contributed by atoms with Gasteiger partial charge in [0.1, 0.15) is 0 Å². The maximum Gasteiger partial charge on any atom is 0.354 e. The predicted octanol–water partition coefficient (Wildman–Crippen LogP) is -0.513. The van der Waals surface area contributed by atoms with Crippen molar-refractivity contribution in [2.24, 2.45) is 0 Å². The average molecular weight is 252 g/mol. The van der Waals surface area contributed by atoms with Crippen molar-refractivity contribution in [2.45, 2.75) is 0 Å². The molecule has 4 N–H and O–H groups in total. The van der Waals surface area contributed by atoms with Gasteiger partial charge in [0.25, 0.3) is 5.91 Å². The third-order valence-corrected chi connectivity index (χ3v) is 1.95. The third-order valence-electron chi connectivity index (χ3n) is 1.95. The van der Waals surface area contributed by atoms with Crippen molar-refractivity contribution in [1.29, 1.82) is 0 Å². The number of ether oxygens (including phenoxy) is 1. The topological polar surface area (TPSA) is 146 Å². The van der Waals surface area contributed by atoms with Crippen LogP contribution >= 0.6 is 0 Å². The Bertz CT molecular complexity index is 588. The third kappa shape index (κ3) is 2.11. The van der Waals surface area contributed by atoms with Gasteiger partial charge in [0.05, 0.1) is 13.4 Å². The summed E-state index contributed by atoms with van der Waals surface area (Å²) in [5.74, 6) is -1.99. The number of carboxylic acids is 1. The molecule has 0 bridgehead atoms. The molecule has 0 radical (unpaired) electrons. The molecule has 1 amide bonds. The van der Waals surface area contributed by atoms with E-state index in [0.29, 0.717) is 0 Å². The highest BCUT2D eigenvalue weighted by atomic mass is 16.5. The number of aromatic amines is 2. The summed E-state index contributed by atoms with van der Waals surface area (Å²) < 4.78 is 4.71. The first kappa shape index (κ1) is 11.6. The maximum absolute atomic E-state index is 11.7. The van der Waals surface area contributed by atoms with Gasteiger partial charge in [-0.05, 0) is 0 Å². The van der Waals surface area contributed by atoms with Gasteiger partial charge >= 0.3 is 12.0 Å². The van der Waals surface area contributed by atoms with Gasteiger partial charge in [-0.15, -0.1) is 5.10 Å². The quantitative estimate of drug-likeness (QED) is 0.572. The molecule has 18 heavy (non-hydrogen) atoms. The van der Waals surface area contributed by atoms with Gasteiger partial charge in [0.2, 0.25) is 5.95 Å². The Labute approximate surface area is 99.4 Å². The smallest absolute Gasteiger partial charge is 0.354 e. The molecule has 0 unspecified atom stereocenters. The summed E-state index contributed by atoms with van der Waals surface area (Å²) in [6, 6.07) is 0.0470. The van der Waals surface area contributed by atoms with E-state index in [2.05, 4.69) is 30.5 Å². The molecule has 0 aliphatic rings. The predicted molar refractivity (Wildman–Crippen MR) is 56.4 cm³/mol. The van der Waals surface area contributed by atoms with Crippen molar-refractivity contribution in [2.75, 3.05) is 12.4 Å². The van der Waals surface area contributed by atoms with Crippen LogP contribution in [0.25, 0.3) is 0 Å². The van der Waals surface area contributed by atoms with E-state index in [1.807, 2.05) is 0 Å². The number of rotatable bonds is 4. The number of anilines is 1. The lowest BCUT2D eigenvalue weighted by atomic mass is 10.3. The first-order chi connectivity index (χ1) is 8.61. The van der Waals surface area contributed by atoms with E-state index >= 15 is 0 Å². The molecule has 0 aliphatic carbocycles. The Kier molecular flexibility index (Phi) is 2.91. The molecule has 2 rings (SSSR count). The zero-order valence-corrected chi connectivity index (χ0v) is 9.09. The maximum atomic E-state index is 11.7. The van der Waals surface area contributed by atoms with Crippen LogP contribution in [0, 0.1) is 0 Å². The number of aromatic carboxylic acids is 1. The SMILES string of the molecule is COc1n[nH]c(NC(=O)c2nc[nH]c2C(=O)O)n1. The number of methoxy groups -OCH3 is 1. The van der Waals surface area contributed by atoms with E-state index in [1.165, 1.54) is 7.11 Å². The number of amides is 1. The Morgan fingerprint density at radius 1 is 1.50 bits per heavy atom. The van der Waals surface area contributed by atoms with Crippen molar-refractivity contribution >= 4 is 17.8 Å². The van der Waals surface area contributed by atoms with Gasteiger partial charge in [-0.25, -0.2) is 14.9 Å². The highest BCUT2D eigenvalue weighted by Crippen LogP contribution is 2.08. The number of carbonyl (C=O) groups excluding carboxylic acids is 1. The van der Waals surface area contributed by atoms with Crippen LogP contribution in [0.3, 0.4) is 0 Å². The molecule has 0 saturated carbocycles. The number of hydrogen-bond donors (Lipinski definition) is 4. The lowest BCUT2D eigenvalue weighted by Crippen LogP contribution is -2.17. The van der Waals surface area contributed by atoms with Gasteiger partial charge in [0, 0.05) is 0 Å². The van der Waals surface area contributed by atoms with E-state index in [4.69, 9.17) is 9.84 Å². The van der Waals surface area contributed by atoms with Crippen LogP contribution in [-0.4, -0.2) is 49.2 Å². The van der Waals surface area contributed by atoms with E-state index < -0.39 is 11.9 Å². The zero-order chi connectivity index (χ0) is 13.1. The highest BCUT2D eigenvalue weighted by molar-refractivity contribution is 6.07. The number of aromatic nitrogens is 5. The van der Waals surface area contributed by atoms with Crippen molar-refractivity contribution in [3.8, 4) is 6.01 Å². The van der Waals surface area contributed by atoms with Crippen LogP contribution < -0.4 is 10.1 Å². The number of hydrogen-bond acceptors (Lipinski definition) is 6. The van der Waals surface area contributed by atoms with E-state index in [1.54, 1.807) is 0 Å². The number of H-pyrrole nitrogens is 2.